The van der Waals surface area contributed by atoms with E-state index in [1.54, 1.807) is 12.1 Å². The van der Waals surface area contributed by atoms with Crippen LogP contribution < -0.4 is 5.56 Å². The van der Waals surface area contributed by atoms with Gasteiger partial charge in [-0.1, -0.05) is 6.07 Å². The molecule has 1 aliphatic rings. The molecule has 3 aromatic heterocycles. The first-order valence-electron chi connectivity index (χ1n) is 8.34. The molecule has 9 nitrogen and oxygen atoms in total. The number of carbonyl (C=O) groups is 1. The molecule has 1 amide bonds. The molecule has 1 atom stereocenters. The molecule has 3 aromatic rings. The van der Waals surface area contributed by atoms with Gasteiger partial charge < -0.3 is 4.42 Å². The van der Waals surface area contributed by atoms with Crippen molar-refractivity contribution in [3.05, 3.63) is 85.3 Å². The smallest absolute Gasteiger partial charge is 0.285 e. The molecular weight excluding hydrogens is 384 g/mol. The molecule has 1 unspecified atom stereocenters. The molecule has 0 saturated heterocycles. The van der Waals surface area contributed by atoms with Gasteiger partial charge in [-0.05, 0) is 23.6 Å². The summed E-state index contributed by atoms with van der Waals surface area (Å²) in [5, 5.41) is 18.6. The topological polar surface area (TPSA) is 111 Å². The van der Waals surface area contributed by atoms with Gasteiger partial charge in [0, 0.05) is 18.6 Å². The Bertz CT molecular complexity index is 1100. The molecule has 0 radical (unpaired) electrons. The fourth-order valence-corrected chi connectivity index (χ4v) is 3.72. The summed E-state index contributed by atoms with van der Waals surface area (Å²) < 4.78 is 6.48. The summed E-state index contributed by atoms with van der Waals surface area (Å²) in [6.45, 7) is -0.362. The molecule has 0 aliphatic carbocycles. The Morgan fingerprint density at radius 3 is 2.86 bits per heavy atom. The lowest BCUT2D eigenvalue weighted by Crippen LogP contribution is -2.33. The third kappa shape index (κ3) is 3.37. The van der Waals surface area contributed by atoms with E-state index in [2.05, 4.69) is 5.10 Å². The minimum absolute atomic E-state index is 0.265. The Labute approximate surface area is 162 Å². The van der Waals surface area contributed by atoms with E-state index in [0.717, 1.165) is 33.5 Å². The number of hydrogen-bond donors (Lipinski definition) is 0. The number of amides is 1. The molecule has 0 bridgehead atoms. The largest absolute Gasteiger partial charge is 0.467 e. The van der Waals surface area contributed by atoms with Crippen molar-refractivity contribution in [3.63, 3.8) is 0 Å². The molecule has 0 aromatic carbocycles. The van der Waals surface area contributed by atoms with E-state index in [1.807, 2.05) is 17.5 Å². The average Bonchev–Trinajstić information content (AvgIpc) is 3.42. The normalized spacial score (nSPS) is 16.2. The molecule has 4 heterocycles. The van der Waals surface area contributed by atoms with Gasteiger partial charge in [0.15, 0.2) is 0 Å². The second kappa shape index (κ2) is 7.24. The molecule has 0 spiro atoms. The number of pyridine rings is 1. The molecule has 10 heteroatoms. The van der Waals surface area contributed by atoms with E-state index in [-0.39, 0.29) is 12.2 Å². The second-order valence-corrected chi connectivity index (χ2v) is 7.06. The number of nitro groups is 1. The van der Waals surface area contributed by atoms with Crippen LogP contribution in [0.15, 0.2) is 68.6 Å². The summed E-state index contributed by atoms with van der Waals surface area (Å²) in [6.07, 6.45) is 3.05. The van der Waals surface area contributed by atoms with Gasteiger partial charge in [0.2, 0.25) is 0 Å². The molecule has 4 rings (SSSR count). The Balaban J connectivity index is 1.65. The van der Waals surface area contributed by atoms with Crippen molar-refractivity contribution in [2.75, 3.05) is 0 Å². The van der Waals surface area contributed by atoms with Crippen LogP contribution in [-0.2, 0) is 11.3 Å². The lowest BCUT2D eigenvalue weighted by atomic mass is 10.1. The van der Waals surface area contributed by atoms with Crippen LogP contribution in [0.2, 0.25) is 0 Å². The summed E-state index contributed by atoms with van der Waals surface area (Å²) in [4.78, 5) is 36.2. The minimum atomic E-state index is -0.616. The minimum Gasteiger partial charge on any atom is -0.467 e. The monoisotopic (exact) mass is 398 g/mol. The zero-order valence-electron chi connectivity index (χ0n) is 14.4. The SMILES string of the molecule is O=C(Cn1cc([N+](=O)[O-])ccc1=O)N1N=C(c2cccs2)CC1c1ccco1. The van der Waals surface area contributed by atoms with Gasteiger partial charge in [-0.25, -0.2) is 5.01 Å². The second-order valence-electron chi connectivity index (χ2n) is 6.11. The standard InChI is InChI=1S/C18H14N4O5S/c23-17-6-5-12(22(25)26)10-20(17)11-18(24)21-14(15-3-1-7-27-15)9-13(19-21)16-4-2-8-28-16/h1-8,10,14H,9,11H2. The summed E-state index contributed by atoms with van der Waals surface area (Å²) in [5.41, 5.74) is -0.0227. The Morgan fingerprint density at radius 1 is 1.32 bits per heavy atom. The number of carbonyl (C=O) groups excluding carboxylic acids is 1. The predicted molar refractivity (Wildman–Crippen MR) is 101 cm³/mol. The van der Waals surface area contributed by atoms with Gasteiger partial charge in [0.1, 0.15) is 18.3 Å². The lowest BCUT2D eigenvalue weighted by molar-refractivity contribution is -0.385. The van der Waals surface area contributed by atoms with Crippen molar-refractivity contribution >= 4 is 28.6 Å². The van der Waals surface area contributed by atoms with E-state index in [9.17, 15) is 19.7 Å². The van der Waals surface area contributed by atoms with E-state index < -0.39 is 22.4 Å². The van der Waals surface area contributed by atoms with E-state index in [4.69, 9.17) is 4.42 Å². The van der Waals surface area contributed by atoms with Gasteiger partial charge in [-0.3, -0.25) is 24.3 Å². The third-order valence-electron chi connectivity index (χ3n) is 4.33. The van der Waals surface area contributed by atoms with Gasteiger partial charge >= 0.3 is 0 Å². The number of aromatic nitrogens is 1. The summed E-state index contributed by atoms with van der Waals surface area (Å²) >= 11 is 1.52. The first-order valence-corrected chi connectivity index (χ1v) is 9.22. The number of hydrogen-bond acceptors (Lipinski definition) is 7. The fraction of sp³-hybridized carbons (Fsp3) is 0.167. The van der Waals surface area contributed by atoms with E-state index >= 15 is 0 Å². The third-order valence-corrected chi connectivity index (χ3v) is 5.25. The van der Waals surface area contributed by atoms with Crippen LogP contribution >= 0.6 is 11.3 Å². The summed E-state index contributed by atoms with van der Waals surface area (Å²) in [7, 11) is 0. The first kappa shape index (κ1) is 17.9. The molecule has 1 aliphatic heterocycles. The molecular formula is C18H14N4O5S. The summed E-state index contributed by atoms with van der Waals surface area (Å²) in [5.74, 6) is 0.116. The maximum absolute atomic E-state index is 12.9. The highest BCUT2D eigenvalue weighted by molar-refractivity contribution is 7.12. The van der Waals surface area contributed by atoms with Crippen molar-refractivity contribution in [1.29, 1.82) is 0 Å². The van der Waals surface area contributed by atoms with Crippen molar-refractivity contribution in [2.24, 2.45) is 5.10 Å². The predicted octanol–water partition coefficient (Wildman–Crippen LogP) is 2.79. The highest BCUT2D eigenvalue weighted by Gasteiger charge is 2.35. The van der Waals surface area contributed by atoms with Gasteiger partial charge in [0.25, 0.3) is 17.2 Å². The Morgan fingerprint density at radius 2 is 2.18 bits per heavy atom. The van der Waals surface area contributed by atoms with Crippen LogP contribution in [0.1, 0.15) is 23.1 Å². The average molecular weight is 398 g/mol. The first-order chi connectivity index (χ1) is 13.5. The zero-order chi connectivity index (χ0) is 19.7. The van der Waals surface area contributed by atoms with Crippen LogP contribution in [0.25, 0.3) is 0 Å². The molecule has 142 valence electrons. The summed E-state index contributed by atoms with van der Waals surface area (Å²) in [6, 6.07) is 9.05. The Hall–Kier alpha value is -3.53. The molecule has 0 saturated carbocycles. The number of furan rings is 1. The molecule has 0 fully saturated rings. The zero-order valence-corrected chi connectivity index (χ0v) is 15.2. The molecule has 28 heavy (non-hydrogen) atoms. The van der Waals surface area contributed by atoms with Crippen LogP contribution in [0.5, 0.6) is 0 Å². The number of hydrazone groups is 1. The molecule has 0 N–H and O–H groups in total. The highest BCUT2D eigenvalue weighted by Crippen LogP contribution is 2.34. The fourth-order valence-electron chi connectivity index (χ4n) is 3.00. The van der Waals surface area contributed by atoms with Crippen LogP contribution in [0.4, 0.5) is 5.69 Å². The van der Waals surface area contributed by atoms with Gasteiger partial charge in [-0.15, -0.1) is 11.3 Å². The van der Waals surface area contributed by atoms with Crippen molar-refractivity contribution in [2.45, 2.75) is 19.0 Å². The van der Waals surface area contributed by atoms with Crippen molar-refractivity contribution in [3.8, 4) is 0 Å². The maximum Gasteiger partial charge on any atom is 0.285 e. The number of thiophene rings is 1. The lowest BCUT2D eigenvalue weighted by Gasteiger charge is -2.20. The van der Waals surface area contributed by atoms with E-state index in [1.165, 1.54) is 22.6 Å². The van der Waals surface area contributed by atoms with Crippen molar-refractivity contribution < 1.29 is 14.1 Å². The van der Waals surface area contributed by atoms with Crippen LogP contribution in [-0.4, -0.2) is 26.1 Å². The maximum atomic E-state index is 12.9. The van der Waals surface area contributed by atoms with Crippen molar-refractivity contribution in [1.82, 2.24) is 9.58 Å². The van der Waals surface area contributed by atoms with Crippen LogP contribution in [0, 0.1) is 10.1 Å². The van der Waals surface area contributed by atoms with Gasteiger partial charge in [0.05, 0.1) is 28.0 Å². The highest BCUT2D eigenvalue weighted by atomic mass is 32.1. The number of nitrogens with zero attached hydrogens (tertiary/aromatic N) is 4. The van der Waals surface area contributed by atoms with E-state index in [0.29, 0.717) is 12.2 Å². The van der Waals surface area contributed by atoms with Crippen LogP contribution in [0.3, 0.4) is 0 Å². The quantitative estimate of drug-likeness (QED) is 0.485. The number of rotatable bonds is 5. The Kier molecular flexibility index (Phi) is 4.62. The van der Waals surface area contributed by atoms with Gasteiger partial charge in [-0.2, -0.15) is 5.10 Å².